The van der Waals surface area contributed by atoms with E-state index in [1.54, 1.807) is 0 Å². The topological polar surface area (TPSA) is 214 Å². The first-order valence-electron chi connectivity index (χ1n) is 22.1. The fourth-order valence-corrected chi connectivity index (χ4v) is 9.11. The van der Waals surface area contributed by atoms with E-state index in [4.69, 9.17) is 15.9 Å². The molecule has 0 spiro atoms. The summed E-state index contributed by atoms with van der Waals surface area (Å²) < 4.78 is 6.55. The van der Waals surface area contributed by atoms with Crippen LogP contribution in [0.5, 0.6) is 0 Å². The molecule has 6 aromatic rings. The molecule has 4 atom stereocenters. The van der Waals surface area contributed by atoms with Crippen molar-refractivity contribution in [2.24, 2.45) is 16.5 Å². The molecular weight excluding hydrogens is 809 g/mol. The highest BCUT2D eigenvalue weighted by molar-refractivity contribution is 6.07. The summed E-state index contributed by atoms with van der Waals surface area (Å²) in [5.74, 6) is -1.98. The lowest BCUT2D eigenvalue weighted by Gasteiger charge is -2.30. The summed E-state index contributed by atoms with van der Waals surface area (Å²) in [5.41, 5.74) is 15.8. The molecule has 2 aliphatic rings. The third-order valence-corrected chi connectivity index (χ3v) is 12.3. The van der Waals surface area contributed by atoms with Gasteiger partial charge < -0.3 is 42.1 Å². The number of hydrogen-bond acceptors (Lipinski definition) is 7. The summed E-state index contributed by atoms with van der Waals surface area (Å²) in [6, 6.07) is 31.2. The van der Waals surface area contributed by atoms with Crippen LogP contribution in [0.1, 0.15) is 66.8 Å². The second kappa shape index (κ2) is 19.9. The minimum atomic E-state index is -0.947. The van der Waals surface area contributed by atoms with Gasteiger partial charge >= 0.3 is 0 Å². The molecule has 3 heterocycles. The molecule has 14 nitrogen and oxygen atoms in total. The van der Waals surface area contributed by atoms with Crippen molar-refractivity contribution in [2.75, 3.05) is 19.6 Å². The fraction of sp³-hybridized carbons (Fsp3) is 0.320. The molecular formula is C50H54N8O6. The smallest absolute Gasteiger partial charge is 0.245 e. The summed E-state index contributed by atoms with van der Waals surface area (Å²) in [7, 11) is 0. The molecule has 2 aliphatic heterocycles. The third kappa shape index (κ3) is 10.0. The summed E-state index contributed by atoms with van der Waals surface area (Å²) in [4.78, 5) is 76.7. The van der Waals surface area contributed by atoms with Gasteiger partial charge in [0.25, 0.3) is 0 Å². The maximum Gasteiger partial charge on any atom is 0.245 e. The van der Waals surface area contributed by atoms with Crippen LogP contribution in [0.2, 0.25) is 0 Å². The minimum absolute atomic E-state index is 0.0725. The summed E-state index contributed by atoms with van der Waals surface area (Å²) in [6.07, 6.45) is 2.55. The van der Waals surface area contributed by atoms with Gasteiger partial charge in [-0.15, -0.1) is 0 Å². The van der Waals surface area contributed by atoms with E-state index in [1.165, 1.54) is 4.90 Å². The molecule has 330 valence electrons. The first-order valence-corrected chi connectivity index (χ1v) is 22.1. The number of para-hydroxylation sites is 2. The minimum Gasteiger partial charge on any atom is -0.455 e. The van der Waals surface area contributed by atoms with Crippen LogP contribution in [-0.4, -0.2) is 78.2 Å². The molecule has 14 heteroatoms. The van der Waals surface area contributed by atoms with Crippen LogP contribution in [0.15, 0.2) is 119 Å². The van der Waals surface area contributed by atoms with Crippen LogP contribution in [-0.2, 0) is 43.2 Å². The van der Waals surface area contributed by atoms with Crippen LogP contribution in [0.3, 0.4) is 0 Å². The van der Waals surface area contributed by atoms with Gasteiger partial charge in [0, 0.05) is 43.2 Å². The Labute approximate surface area is 371 Å². The average molecular weight is 863 g/mol. The Morgan fingerprint density at radius 3 is 2.12 bits per heavy atom. The van der Waals surface area contributed by atoms with Crippen LogP contribution < -0.4 is 32.7 Å². The quantitative estimate of drug-likeness (QED) is 0.0740. The van der Waals surface area contributed by atoms with Gasteiger partial charge in [-0.1, -0.05) is 109 Å². The molecule has 1 aromatic heterocycles. The van der Waals surface area contributed by atoms with Crippen molar-refractivity contribution in [3.8, 4) is 0 Å². The van der Waals surface area contributed by atoms with Crippen LogP contribution in [0.25, 0.3) is 32.7 Å². The highest BCUT2D eigenvalue weighted by Crippen LogP contribution is 2.34. The molecule has 0 aliphatic carbocycles. The van der Waals surface area contributed by atoms with Crippen molar-refractivity contribution >= 4 is 68.2 Å². The monoisotopic (exact) mass is 862 g/mol. The number of nitrogens with one attached hydrogen (secondary N) is 4. The van der Waals surface area contributed by atoms with Crippen LogP contribution in [0.4, 0.5) is 0 Å². The van der Waals surface area contributed by atoms with E-state index in [0.717, 1.165) is 43.8 Å². The number of guanidine groups is 1. The van der Waals surface area contributed by atoms with Gasteiger partial charge in [0.1, 0.15) is 29.3 Å². The predicted octanol–water partition coefficient (Wildman–Crippen LogP) is 4.85. The van der Waals surface area contributed by atoms with E-state index in [1.807, 2.05) is 109 Å². The zero-order valence-electron chi connectivity index (χ0n) is 35.7. The highest BCUT2D eigenvalue weighted by Gasteiger charge is 2.39. The Morgan fingerprint density at radius 1 is 0.688 bits per heavy atom. The lowest BCUT2D eigenvalue weighted by Crippen LogP contribution is -2.54. The number of fused-ring (bicyclic) bond motifs is 3. The van der Waals surface area contributed by atoms with Gasteiger partial charge in [0.15, 0.2) is 5.96 Å². The van der Waals surface area contributed by atoms with Gasteiger partial charge in [-0.2, -0.15) is 0 Å². The zero-order valence-corrected chi connectivity index (χ0v) is 35.7. The lowest BCUT2D eigenvalue weighted by atomic mass is 9.95. The van der Waals surface area contributed by atoms with Crippen molar-refractivity contribution < 1.29 is 28.4 Å². The number of amides is 5. The molecule has 1 fully saturated rings. The number of rotatable bonds is 7. The maximum absolute atomic E-state index is 14.5. The van der Waals surface area contributed by atoms with Gasteiger partial charge in [0.2, 0.25) is 29.5 Å². The first-order chi connectivity index (χ1) is 31.1. The molecule has 8 N–H and O–H groups in total. The maximum atomic E-state index is 14.5. The molecule has 0 unspecified atom stereocenters. The van der Waals surface area contributed by atoms with E-state index in [9.17, 15) is 24.0 Å². The number of aryl methyl sites for hydroxylation is 1. The fourth-order valence-electron chi connectivity index (χ4n) is 9.11. The molecule has 5 amide bonds. The standard InChI is InChI=1S/C50H54N8O6/c51-50(52)54-26-9-21-39-49(63)58-28-10-22-42(58)48(62)57-40(36-18-6-14-32-13-4-5-17-35(32)36)30-44(60)56-41(29-31-11-2-1-3-12-31)47(61)53-27-25-34-16-8-20-38-37-19-7-15-33(23-24-43(59)55-39)45(37)64-46(34)38/h1-8,11-20,39-42H,9-10,21-30H2,(H,53,61)(H,55,59)(H,56,60)(H,57,62)(H4,51,52,54)/t39-,40-,41-,42-/m0/s1. The van der Waals surface area contributed by atoms with Gasteiger partial charge in [-0.05, 0) is 71.6 Å². The van der Waals surface area contributed by atoms with E-state index < -0.39 is 36.0 Å². The van der Waals surface area contributed by atoms with Crippen molar-refractivity contribution in [3.63, 3.8) is 0 Å². The molecule has 2 bridgehead atoms. The predicted molar refractivity (Wildman–Crippen MR) is 247 cm³/mol. The third-order valence-electron chi connectivity index (χ3n) is 12.3. The normalized spacial score (nSPS) is 20.7. The number of hydrogen-bond donors (Lipinski definition) is 6. The average Bonchev–Trinajstić information content (AvgIpc) is 3.95. The largest absolute Gasteiger partial charge is 0.455 e. The van der Waals surface area contributed by atoms with Crippen molar-refractivity contribution in [3.05, 3.63) is 131 Å². The summed E-state index contributed by atoms with van der Waals surface area (Å²) in [6.45, 7) is 0.842. The van der Waals surface area contributed by atoms with E-state index in [0.29, 0.717) is 49.8 Å². The zero-order chi connectivity index (χ0) is 44.6. The number of aliphatic imine (C=N–C) groups is 1. The van der Waals surface area contributed by atoms with Crippen molar-refractivity contribution in [1.82, 2.24) is 26.2 Å². The molecule has 1 saturated heterocycles. The van der Waals surface area contributed by atoms with E-state index in [2.05, 4.69) is 26.3 Å². The first kappa shape index (κ1) is 43.4. The Kier molecular flexibility index (Phi) is 13.5. The summed E-state index contributed by atoms with van der Waals surface area (Å²) in [5, 5.41) is 15.8. The van der Waals surface area contributed by atoms with E-state index >= 15 is 0 Å². The highest BCUT2D eigenvalue weighted by atomic mass is 16.3. The van der Waals surface area contributed by atoms with Gasteiger partial charge in [0.05, 0.1) is 12.5 Å². The summed E-state index contributed by atoms with van der Waals surface area (Å²) >= 11 is 0. The number of nitrogens with zero attached hydrogens (tertiary/aromatic N) is 2. The number of benzene rings is 5. The second-order valence-electron chi connectivity index (χ2n) is 16.6. The molecule has 64 heavy (non-hydrogen) atoms. The second-order valence-corrected chi connectivity index (χ2v) is 16.6. The van der Waals surface area contributed by atoms with Crippen molar-refractivity contribution in [1.29, 1.82) is 0 Å². The molecule has 5 aromatic carbocycles. The van der Waals surface area contributed by atoms with Crippen LogP contribution >= 0.6 is 0 Å². The molecule has 0 radical (unpaired) electrons. The SMILES string of the molecule is NC(N)=NCCC[C@@H]1NC(=O)CCc2cccc3c2oc2c(cccc23)CCNC(=O)[C@H](Cc2ccccc2)NC(=O)C[C@@H](c2cccc3ccccc23)NC(=O)[C@@H]2CCCN2C1=O. The number of nitrogens with two attached hydrogens (primary N) is 2. The molecule has 0 saturated carbocycles. The Hall–Kier alpha value is -7.22. The Bertz CT molecular complexity index is 2710. The van der Waals surface area contributed by atoms with Gasteiger partial charge in [-0.3, -0.25) is 29.0 Å². The Morgan fingerprint density at radius 2 is 1.36 bits per heavy atom. The number of furan rings is 1. The number of carbonyl (C=O) groups excluding carboxylic acids is 5. The van der Waals surface area contributed by atoms with Gasteiger partial charge in [-0.25, -0.2) is 0 Å². The Balaban J connectivity index is 1.15. The molecule has 8 rings (SSSR count). The van der Waals surface area contributed by atoms with E-state index in [-0.39, 0.29) is 62.5 Å². The van der Waals surface area contributed by atoms with Crippen LogP contribution in [0, 0.1) is 0 Å². The lowest BCUT2D eigenvalue weighted by molar-refractivity contribution is -0.142. The number of carbonyl (C=O) groups is 5. The van der Waals surface area contributed by atoms with Crippen molar-refractivity contribution in [2.45, 2.75) is 82.0 Å².